The van der Waals surface area contributed by atoms with Crippen LogP contribution in [0.3, 0.4) is 0 Å². The normalized spacial score (nSPS) is 12.4. The van der Waals surface area contributed by atoms with Crippen molar-refractivity contribution in [2.75, 3.05) is 5.32 Å². The molecule has 0 fully saturated rings. The third-order valence-corrected chi connectivity index (χ3v) is 5.74. The fourth-order valence-corrected chi connectivity index (χ4v) is 3.82. The van der Waals surface area contributed by atoms with Crippen molar-refractivity contribution in [3.8, 4) is 17.6 Å². The summed E-state index contributed by atoms with van der Waals surface area (Å²) in [5.74, 6) is 6.50. The molecule has 0 aliphatic carbocycles. The fraction of sp³-hybridized carbons (Fsp3) is 0.355. The first-order valence-corrected chi connectivity index (χ1v) is 12.4. The van der Waals surface area contributed by atoms with Crippen LogP contribution in [-0.4, -0.2) is 11.6 Å². The summed E-state index contributed by atoms with van der Waals surface area (Å²) in [6, 6.07) is 21.7. The quantitative estimate of drug-likeness (QED) is 0.303. The summed E-state index contributed by atoms with van der Waals surface area (Å²) >= 11 is 0. The topological polar surface area (TPSA) is 21.3 Å². The zero-order valence-electron chi connectivity index (χ0n) is 21.4. The molecule has 0 aliphatic heterocycles. The number of hydrogen-bond acceptors (Lipinski definition) is 2. The molecule has 3 aromatic rings. The second kappa shape index (κ2) is 12.0. The van der Waals surface area contributed by atoms with Gasteiger partial charge in [0.2, 0.25) is 0 Å². The Morgan fingerprint density at radius 3 is 2.06 bits per heavy atom. The zero-order chi connectivity index (χ0) is 26.2. The van der Waals surface area contributed by atoms with E-state index < -0.39 is 17.3 Å². The van der Waals surface area contributed by atoms with E-state index in [9.17, 15) is 13.2 Å². The highest BCUT2D eigenvalue weighted by Gasteiger charge is 2.30. The van der Waals surface area contributed by atoms with E-state index in [4.69, 9.17) is 4.74 Å². The van der Waals surface area contributed by atoms with Crippen molar-refractivity contribution in [3.05, 3.63) is 95.1 Å². The molecule has 0 radical (unpaired) electrons. The lowest BCUT2D eigenvalue weighted by molar-refractivity contribution is -0.137. The number of benzene rings is 3. The predicted octanol–water partition coefficient (Wildman–Crippen LogP) is 8.30. The van der Waals surface area contributed by atoms with Crippen molar-refractivity contribution in [2.24, 2.45) is 0 Å². The molecule has 5 heteroatoms. The summed E-state index contributed by atoms with van der Waals surface area (Å²) in [6.07, 6.45) is 0.137. The van der Waals surface area contributed by atoms with Crippen LogP contribution in [0, 0.1) is 11.8 Å². The summed E-state index contributed by atoms with van der Waals surface area (Å²) in [5, 5.41) is 3.53. The molecular weight excluding hydrogens is 459 g/mol. The minimum atomic E-state index is -4.37. The van der Waals surface area contributed by atoms with E-state index in [1.54, 1.807) is 13.8 Å². The molecule has 190 valence electrons. The molecule has 0 aromatic heterocycles. The van der Waals surface area contributed by atoms with Gasteiger partial charge in [-0.25, -0.2) is 0 Å². The number of alkyl halides is 3. The minimum Gasteiger partial charge on any atom is -0.475 e. The molecule has 0 amide bonds. The van der Waals surface area contributed by atoms with Crippen LogP contribution in [0.5, 0.6) is 5.75 Å². The molecule has 0 spiro atoms. The molecular formula is C31H34F3NO. The molecule has 1 unspecified atom stereocenters. The van der Waals surface area contributed by atoms with Gasteiger partial charge < -0.3 is 10.1 Å². The van der Waals surface area contributed by atoms with Gasteiger partial charge in [0.05, 0.1) is 5.56 Å². The number of hydrogen-bond donors (Lipinski definition) is 1. The number of halogens is 3. The van der Waals surface area contributed by atoms with E-state index in [1.165, 1.54) is 36.1 Å². The Balaban J connectivity index is 1.53. The Morgan fingerprint density at radius 1 is 0.861 bits per heavy atom. The molecule has 1 atom stereocenters. The van der Waals surface area contributed by atoms with E-state index in [2.05, 4.69) is 55.3 Å². The summed E-state index contributed by atoms with van der Waals surface area (Å²) in [4.78, 5) is 0. The standard InChI is InChI=1S/C31H34F3NO/c1-5-6-7-24-8-10-26(11-9-24)22-23(2)35-28-16-12-25(13-17-28)20-21-30(3,4)36-29-18-14-27(15-19-29)31(32,33)34/h8-19,23,35H,5-7,22H2,1-4H3. The number of nitrogens with one attached hydrogen (secondary N) is 1. The largest absolute Gasteiger partial charge is 0.475 e. The second-order valence-electron chi connectivity index (χ2n) is 9.63. The highest BCUT2D eigenvalue weighted by Crippen LogP contribution is 2.31. The van der Waals surface area contributed by atoms with Gasteiger partial charge in [-0.2, -0.15) is 13.2 Å². The van der Waals surface area contributed by atoms with Crippen LogP contribution >= 0.6 is 0 Å². The SMILES string of the molecule is CCCCc1ccc(CC(C)Nc2ccc(C#CC(C)(C)Oc3ccc(C(F)(F)F)cc3)cc2)cc1. The number of unbranched alkanes of at least 4 members (excludes halogenated alkanes) is 1. The third-order valence-electron chi connectivity index (χ3n) is 5.74. The predicted molar refractivity (Wildman–Crippen MR) is 141 cm³/mol. The van der Waals surface area contributed by atoms with Gasteiger partial charge in [0.25, 0.3) is 0 Å². The van der Waals surface area contributed by atoms with Crippen molar-refractivity contribution in [1.29, 1.82) is 0 Å². The van der Waals surface area contributed by atoms with E-state index in [0.29, 0.717) is 5.75 Å². The Kier molecular flexibility index (Phi) is 9.09. The Morgan fingerprint density at radius 2 is 1.47 bits per heavy atom. The number of ether oxygens (including phenoxy) is 1. The van der Waals surface area contributed by atoms with E-state index in [0.717, 1.165) is 36.2 Å². The van der Waals surface area contributed by atoms with Crippen molar-refractivity contribution in [1.82, 2.24) is 0 Å². The Labute approximate surface area is 212 Å². The monoisotopic (exact) mass is 493 g/mol. The molecule has 2 nitrogen and oxygen atoms in total. The van der Waals surface area contributed by atoms with Crippen LogP contribution in [0.2, 0.25) is 0 Å². The van der Waals surface area contributed by atoms with Gasteiger partial charge in [-0.15, -0.1) is 0 Å². The van der Waals surface area contributed by atoms with Crippen LogP contribution in [0.15, 0.2) is 72.8 Å². The van der Waals surface area contributed by atoms with Gasteiger partial charge >= 0.3 is 6.18 Å². The van der Waals surface area contributed by atoms with Crippen molar-refractivity contribution in [3.63, 3.8) is 0 Å². The van der Waals surface area contributed by atoms with Crippen LogP contribution in [0.25, 0.3) is 0 Å². The molecule has 0 aliphatic rings. The summed E-state index contributed by atoms with van der Waals surface area (Å²) in [6.45, 7) is 7.94. The molecule has 0 heterocycles. The molecule has 0 bridgehead atoms. The fourth-order valence-electron chi connectivity index (χ4n) is 3.82. The van der Waals surface area contributed by atoms with Gasteiger partial charge in [-0.05, 0) is 99.7 Å². The Bertz CT molecular complexity index is 1150. The summed E-state index contributed by atoms with van der Waals surface area (Å²) in [5.41, 5.74) is 2.99. The first-order valence-electron chi connectivity index (χ1n) is 12.4. The highest BCUT2D eigenvalue weighted by molar-refractivity contribution is 5.49. The zero-order valence-corrected chi connectivity index (χ0v) is 21.4. The Hall–Kier alpha value is -3.39. The van der Waals surface area contributed by atoms with Gasteiger partial charge in [0.1, 0.15) is 5.75 Å². The lowest BCUT2D eigenvalue weighted by Gasteiger charge is -2.20. The molecule has 3 aromatic carbocycles. The maximum absolute atomic E-state index is 12.7. The average molecular weight is 494 g/mol. The van der Waals surface area contributed by atoms with Gasteiger partial charge in [0.15, 0.2) is 5.60 Å². The first kappa shape index (κ1) is 27.2. The van der Waals surface area contributed by atoms with E-state index in [-0.39, 0.29) is 6.04 Å². The van der Waals surface area contributed by atoms with Crippen molar-refractivity contribution in [2.45, 2.75) is 71.2 Å². The number of anilines is 1. The van der Waals surface area contributed by atoms with E-state index >= 15 is 0 Å². The summed E-state index contributed by atoms with van der Waals surface area (Å²) in [7, 11) is 0. The third kappa shape index (κ3) is 8.68. The average Bonchev–Trinajstić information content (AvgIpc) is 2.83. The second-order valence-corrected chi connectivity index (χ2v) is 9.63. The lowest BCUT2D eigenvalue weighted by atomic mass is 10.0. The van der Waals surface area contributed by atoms with Gasteiger partial charge in [-0.3, -0.25) is 0 Å². The van der Waals surface area contributed by atoms with Crippen molar-refractivity contribution >= 4 is 5.69 Å². The van der Waals surface area contributed by atoms with Gasteiger partial charge in [0, 0.05) is 17.3 Å². The highest BCUT2D eigenvalue weighted by atomic mass is 19.4. The van der Waals surface area contributed by atoms with E-state index in [1.807, 2.05) is 24.3 Å². The molecule has 36 heavy (non-hydrogen) atoms. The van der Waals surface area contributed by atoms with Crippen LogP contribution in [0.4, 0.5) is 18.9 Å². The van der Waals surface area contributed by atoms with Crippen LogP contribution < -0.4 is 10.1 Å². The van der Waals surface area contributed by atoms with Gasteiger partial charge in [-0.1, -0.05) is 49.5 Å². The first-order chi connectivity index (χ1) is 17.0. The smallest absolute Gasteiger partial charge is 0.416 e. The van der Waals surface area contributed by atoms with Crippen LogP contribution in [-0.2, 0) is 19.0 Å². The molecule has 3 rings (SSSR count). The number of aryl methyl sites for hydroxylation is 1. The number of rotatable bonds is 9. The molecule has 1 N–H and O–H groups in total. The molecule has 0 saturated heterocycles. The maximum atomic E-state index is 12.7. The minimum absolute atomic E-state index is 0.277. The van der Waals surface area contributed by atoms with Crippen LogP contribution in [0.1, 0.15) is 62.8 Å². The maximum Gasteiger partial charge on any atom is 0.416 e. The van der Waals surface area contributed by atoms with Crippen molar-refractivity contribution < 1.29 is 17.9 Å². The lowest BCUT2D eigenvalue weighted by Crippen LogP contribution is -2.25. The summed E-state index contributed by atoms with van der Waals surface area (Å²) < 4.78 is 44.0. The molecule has 0 saturated carbocycles.